The lowest BCUT2D eigenvalue weighted by Crippen LogP contribution is -2.45. The molecular formula is C23H27N3O2. The van der Waals surface area contributed by atoms with Crippen LogP contribution in [0.3, 0.4) is 0 Å². The molecule has 146 valence electrons. The van der Waals surface area contributed by atoms with E-state index in [0.717, 1.165) is 36.8 Å². The van der Waals surface area contributed by atoms with Gasteiger partial charge in [0.05, 0.1) is 0 Å². The summed E-state index contributed by atoms with van der Waals surface area (Å²) < 4.78 is 0. The van der Waals surface area contributed by atoms with Crippen molar-refractivity contribution in [2.45, 2.75) is 31.7 Å². The van der Waals surface area contributed by atoms with Gasteiger partial charge in [-0.1, -0.05) is 30.3 Å². The molecule has 1 aromatic heterocycles. The van der Waals surface area contributed by atoms with E-state index in [1.54, 1.807) is 6.07 Å². The fourth-order valence-corrected chi connectivity index (χ4v) is 4.80. The molecule has 2 aromatic rings. The van der Waals surface area contributed by atoms with Gasteiger partial charge in [-0.3, -0.25) is 14.5 Å². The van der Waals surface area contributed by atoms with Crippen LogP contribution in [0.1, 0.15) is 36.0 Å². The zero-order valence-electron chi connectivity index (χ0n) is 16.1. The van der Waals surface area contributed by atoms with Crippen molar-refractivity contribution in [2.75, 3.05) is 26.2 Å². The Morgan fingerprint density at radius 1 is 0.964 bits per heavy atom. The number of carbonyl (C=O) groups is 1. The van der Waals surface area contributed by atoms with Gasteiger partial charge in [0.1, 0.15) is 5.56 Å². The van der Waals surface area contributed by atoms with Crippen molar-refractivity contribution in [1.29, 1.82) is 0 Å². The number of H-pyrrole nitrogens is 1. The highest BCUT2D eigenvalue weighted by atomic mass is 16.2. The molecule has 3 saturated heterocycles. The van der Waals surface area contributed by atoms with E-state index < -0.39 is 0 Å². The number of fused-ring (bicyclic) bond motifs is 4. The second-order valence-electron chi connectivity index (χ2n) is 8.69. The number of aromatic amines is 1. The van der Waals surface area contributed by atoms with Crippen LogP contribution in [0.15, 0.2) is 47.3 Å². The fourth-order valence-electron chi connectivity index (χ4n) is 4.80. The third-order valence-electron chi connectivity index (χ3n) is 6.53. The van der Waals surface area contributed by atoms with E-state index in [1.165, 1.54) is 32.2 Å². The topological polar surface area (TPSA) is 56.4 Å². The summed E-state index contributed by atoms with van der Waals surface area (Å²) >= 11 is 0. The second kappa shape index (κ2) is 7.21. The Hall–Kier alpha value is -2.40. The normalized spacial score (nSPS) is 24.9. The number of nitrogens with one attached hydrogen (secondary N) is 1. The van der Waals surface area contributed by atoms with Crippen LogP contribution in [-0.4, -0.2) is 52.9 Å². The average molecular weight is 377 g/mol. The molecule has 4 fully saturated rings. The van der Waals surface area contributed by atoms with Crippen LogP contribution in [-0.2, 0) is 0 Å². The number of carbonyl (C=O) groups excluding carboxylic acids is 1. The molecule has 6 rings (SSSR count). The number of nitrogens with zero attached hydrogens (tertiary/aromatic N) is 2. The number of hydrogen-bond donors (Lipinski definition) is 1. The van der Waals surface area contributed by atoms with Crippen molar-refractivity contribution in [1.82, 2.24) is 14.8 Å². The number of hydrogen-bond acceptors (Lipinski definition) is 3. The van der Waals surface area contributed by atoms with Gasteiger partial charge < -0.3 is 9.88 Å². The van der Waals surface area contributed by atoms with Gasteiger partial charge in [-0.05, 0) is 55.2 Å². The summed E-state index contributed by atoms with van der Waals surface area (Å²) in [5.41, 5.74) is 1.66. The van der Waals surface area contributed by atoms with Gasteiger partial charge in [0.25, 0.3) is 11.5 Å². The minimum Gasteiger partial charge on any atom is -0.337 e. The molecule has 5 nitrogen and oxygen atoms in total. The van der Waals surface area contributed by atoms with Crippen LogP contribution < -0.4 is 5.56 Å². The van der Waals surface area contributed by atoms with Gasteiger partial charge in [0.15, 0.2) is 0 Å². The lowest BCUT2D eigenvalue weighted by molar-refractivity contribution is 0.0735. The molecule has 0 spiro atoms. The lowest BCUT2D eigenvalue weighted by Gasteiger charge is -2.36. The third kappa shape index (κ3) is 3.51. The summed E-state index contributed by atoms with van der Waals surface area (Å²) in [6, 6.07) is 13.7. The number of pyridine rings is 1. The maximum atomic E-state index is 13.2. The van der Waals surface area contributed by atoms with Crippen molar-refractivity contribution in [2.24, 2.45) is 11.8 Å². The Balaban J connectivity index is 1.35. The monoisotopic (exact) mass is 377 g/mol. The van der Waals surface area contributed by atoms with Gasteiger partial charge in [0, 0.05) is 37.9 Å². The molecule has 1 aromatic carbocycles. The largest absolute Gasteiger partial charge is 0.337 e. The highest BCUT2D eigenvalue weighted by Crippen LogP contribution is 2.35. The van der Waals surface area contributed by atoms with Crippen molar-refractivity contribution in [3.8, 4) is 11.3 Å². The molecule has 1 N–H and O–H groups in total. The van der Waals surface area contributed by atoms with E-state index in [9.17, 15) is 9.59 Å². The first-order valence-corrected chi connectivity index (χ1v) is 10.5. The van der Waals surface area contributed by atoms with Crippen molar-refractivity contribution >= 4 is 5.91 Å². The highest BCUT2D eigenvalue weighted by molar-refractivity contribution is 5.94. The van der Waals surface area contributed by atoms with Crippen LogP contribution in [0.5, 0.6) is 0 Å². The molecule has 2 atom stereocenters. The van der Waals surface area contributed by atoms with Gasteiger partial charge in [-0.25, -0.2) is 0 Å². The van der Waals surface area contributed by atoms with Crippen molar-refractivity contribution in [3.05, 3.63) is 58.4 Å². The minimum absolute atomic E-state index is 0.119. The Morgan fingerprint density at radius 3 is 2.54 bits per heavy atom. The average Bonchev–Trinajstić information content (AvgIpc) is 3.56. The molecule has 4 aliphatic rings. The summed E-state index contributed by atoms with van der Waals surface area (Å²) in [7, 11) is 0. The first-order chi connectivity index (χ1) is 13.7. The van der Waals surface area contributed by atoms with Gasteiger partial charge in [-0.15, -0.1) is 0 Å². The summed E-state index contributed by atoms with van der Waals surface area (Å²) in [6.45, 7) is 3.82. The van der Waals surface area contributed by atoms with Gasteiger partial charge >= 0.3 is 0 Å². The van der Waals surface area contributed by atoms with Gasteiger partial charge in [-0.2, -0.15) is 0 Å². The molecule has 1 aliphatic carbocycles. The van der Waals surface area contributed by atoms with Crippen LogP contribution in [0.25, 0.3) is 11.3 Å². The Morgan fingerprint density at radius 2 is 1.79 bits per heavy atom. The second-order valence-corrected chi connectivity index (χ2v) is 8.69. The first kappa shape index (κ1) is 17.7. The molecule has 3 aliphatic heterocycles. The lowest BCUT2D eigenvalue weighted by atomic mass is 9.95. The number of benzene rings is 1. The predicted molar refractivity (Wildman–Crippen MR) is 109 cm³/mol. The molecular weight excluding hydrogens is 350 g/mol. The maximum absolute atomic E-state index is 13.2. The van der Waals surface area contributed by atoms with Crippen LogP contribution in [0.2, 0.25) is 0 Å². The third-order valence-corrected chi connectivity index (χ3v) is 6.53. The summed E-state index contributed by atoms with van der Waals surface area (Å²) in [5, 5.41) is 0. The van der Waals surface area contributed by atoms with Crippen molar-refractivity contribution in [3.63, 3.8) is 0 Å². The zero-order chi connectivity index (χ0) is 19.1. The number of amides is 1. The highest BCUT2D eigenvalue weighted by Gasteiger charge is 2.39. The van der Waals surface area contributed by atoms with Crippen LogP contribution in [0, 0.1) is 11.8 Å². The standard InChI is InChI=1S/C23H27N3O2/c27-22-20(10-11-21(24-22)18-4-2-1-3-5-18)23(28)26-14-17-8-9-19(15-26)25(13-17)12-16-6-7-16/h1-5,10-11,16-17,19H,6-9,12-15H2,(H,24,27)/t17-,19-/m0/s1. The smallest absolute Gasteiger partial charge is 0.261 e. The van der Waals surface area contributed by atoms with Crippen LogP contribution in [0.4, 0.5) is 0 Å². The summed E-state index contributed by atoms with van der Waals surface area (Å²) in [6.07, 6.45) is 5.09. The molecule has 1 saturated carbocycles. The molecule has 5 heteroatoms. The first-order valence-electron chi connectivity index (χ1n) is 10.5. The number of piperidine rings is 1. The van der Waals surface area contributed by atoms with E-state index in [-0.39, 0.29) is 17.0 Å². The molecule has 2 bridgehead atoms. The van der Waals surface area contributed by atoms with Gasteiger partial charge in [0.2, 0.25) is 0 Å². The molecule has 0 unspecified atom stereocenters. The summed E-state index contributed by atoms with van der Waals surface area (Å²) in [5.74, 6) is 1.28. The maximum Gasteiger partial charge on any atom is 0.261 e. The van der Waals surface area contributed by atoms with Crippen molar-refractivity contribution < 1.29 is 4.79 Å². The molecule has 1 amide bonds. The van der Waals surface area contributed by atoms with E-state index in [0.29, 0.717) is 12.0 Å². The van der Waals surface area contributed by atoms with E-state index in [2.05, 4.69) is 9.88 Å². The van der Waals surface area contributed by atoms with E-state index in [1.807, 2.05) is 41.3 Å². The Kier molecular flexibility index (Phi) is 4.55. The fraction of sp³-hybridized carbons (Fsp3) is 0.478. The molecule has 28 heavy (non-hydrogen) atoms. The molecule has 4 heterocycles. The minimum atomic E-state index is -0.294. The quantitative estimate of drug-likeness (QED) is 0.891. The summed E-state index contributed by atoms with van der Waals surface area (Å²) in [4.78, 5) is 33.3. The number of aromatic nitrogens is 1. The zero-order valence-corrected chi connectivity index (χ0v) is 16.1. The molecule has 0 radical (unpaired) electrons. The van der Waals surface area contributed by atoms with E-state index >= 15 is 0 Å². The Labute approximate surface area is 165 Å². The number of rotatable bonds is 4. The Bertz CT molecular complexity index is 919. The predicted octanol–water partition coefficient (Wildman–Crippen LogP) is 2.99. The SMILES string of the molecule is O=C(c1ccc(-c2ccccc2)[nH]c1=O)N1C[C@H]2CC[C@@H](C1)N(CC1CC1)C2. The van der Waals surface area contributed by atoms with E-state index in [4.69, 9.17) is 0 Å². The van der Waals surface area contributed by atoms with Crippen LogP contribution >= 0.6 is 0 Å².